The maximum absolute atomic E-state index is 13.9. The van der Waals surface area contributed by atoms with Crippen LogP contribution >= 0.6 is 0 Å². The van der Waals surface area contributed by atoms with Gasteiger partial charge in [0, 0.05) is 30.6 Å². The van der Waals surface area contributed by atoms with Gasteiger partial charge in [-0.15, -0.1) is 0 Å². The van der Waals surface area contributed by atoms with Gasteiger partial charge in [0.2, 0.25) is 0 Å². The van der Waals surface area contributed by atoms with E-state index in [4.69, 9.17) is 9.47 Å². The van der Waals surface area contributed by atoms with E-state index >= 15 is 0 Å². The van der Waals surface area contributed by atoms with E-state index in [1.165, 1.54) is 18.1 Å². The number of nitrogens with one attached hydrogen (secondary N) is 1. The van der Waals surface area contributed by atoms with Crippen molar-refractivity contribution in [2.75, 3.05) is 14.2 Å². The molecule has 0 unspecified atom stereocenters. The number of ether oxygens (including phenoxy) is 2. The summed E-state index contributed by atoms with van der Waals surface area (Å²) in [5, 5.41) is 2.61. The average molecular weight is 590 g/mol. The number of benzene rings is 3. The van der Waals surface area contributed by atoms with Crippen molar-refractivity contribution in [3.63, 3.8) is 0 Å². The number of cyclic esters (lactones) is 1. The third kappa shape index (κ3) is 5.90. The number of hydrogen-bond acceptors (Lipinski definition) is 5. The number of aromatic nitrogens is 1. The Balaban J connectivity index is 1.59. The molecule has 2 amide bonds. The number of nitrogens with zero attached hydrogens (tertiary/aromatic N) is 2. The quantitative estimate of drug-likeness (QED) is 0.247. The normalized spacial score (nSPS) is 16.6. The van der Waals surface area contributed by atoms with E-state index in [2.05, 4.69) is 10.3 Å². The third-order valence-corrected chi connectivity index (χ3v) is 7.72. The lowest BCUT2D eigenvalue weighted by Gasteiger charge is -2.24. The Hall–Kier alpha value is -4.86. The lowest BCUT2D eigenvalue weighted by Crippen LogP contribution is -2.31. The van der Waals surface area contributed by atoms with Crippen LogP contribution in [0.4, 0.5) is 18.0 Å². The molecule has 1 aromatic heterocycles. The number of carbonyl (C=O) groups is 2. The second-order valence-corrected chi connectivity index (χ2v) is 10.3. The van der Waals surface area contributed by atoms with Crippen LogP contribution in [0.2, 0.25) is 0 Å². The predicted molar refractivity (Wildman–Crippen MR) is 155 cm³/mol. The number of amides is 2. The van der Waals surface area contributed by atoms with Crippen molar-refractivity contribution in [3.8, 4) is 28.0 Å². The van der Waals surface area contributed by atoms with E-state index in [1.807, 2.05) is 25.1 Å². The summed E-state index contributed by atoms with van der Waals surface area (Å²) in [6, 6.07) is 17.3. The summed E-state index contributed by atoms with van der Waals surface area (Å²) in [6.07, 6.45) is -2.61. The largest absolute Gasteiger partial charge is 0.496 e. The van der Waals surface area contributed by atoms with E-state index < -0.39 is 30.0 Å². The number of alkyl halides is 3. The number of methoxy groups -OCH3 is 1. The van der Waals surface area contributed by atoms with E-state index in [0.29, 0.717) is 22.4 Å². The lowest BCUT2D eigenvalue weighted by molar-refractivity contribution is -0.137. The molecule has 3 aromatic carbocycles. The molecule has 1 aliphatic rings. The van der Waals surface area contributed by atoms with E-state index in [9.17, 15) is 22.8 Å². The highest BCUT2D eigenvalue weighted by Gasteiger charge is 2.40. The molecule has 2 heterocycles. The zero-order valence-electron chi connectivity index (χ0n) is 24.0. The summed E-state index contributed by atoms with van der Waals surface area (Å²) in [7, 11) is 3.05. The monoisotopic (exact) mass is 589 g/mol. The van der Waals surface area contributed by atoms with Crippen LogP contribution in [0.3, 0.4) is 0 Å². The van der Waals surface area contributed by atoms with Crippen LogP contribution in [0.1, 0.15) is 45.6 Å². The predicted octanol–water partition coefficient (Wildman–Crippen LogP) is 7.19. The van der Waals surface area contributed by atoms with Crippen LogP contribution in [0.5, 0.6) is 5.75 Å². The topological polar surface area (TPSA) is 80.8 Å². The van der Waals surface area contributed by atoms with Crippen LogP contribution in [0, 0.1) is 6.92 Å². The Bertz CT molecular complexity index is 1670. The van der Waals surface area contributed by atoms with Crippen molar-refractivity contribution >= 4 is 12.0 Å². The first-order chi connectivity index (χ1) is 20.5. The zero-order valence-corrected chi connectivity index (χ0v) is 24.0. The molecule has 10 heteroatoms. The standard InChI is InChI=1S/C33H30F3N3O4/c1-19-15-23(31(40)37-3)5-8-26(19)22-6-10-29(42-4)28(17-22)27-9-7-25(33(34,35)36)16-24(27)18-39-20(2)30(43-32(39)41)21-11-13-38-14-12-21/h5-17,20,30H,18H2,1-4H3,(H,37,40)/t20-,30-/m0/s1. The number of aryl methyl sites for hydroxylation is 1. The average Bonchev–Trinajstić information content (AvgIpc) is 3.28. The minimum Gasteiger partial charge on any atom is -0.496 e. The van der Waals surface area contributed by atoms with Gasteiger partial charge in [-0.25, -0.2) is 4.79 Å². The summed E-state index contributed by atoms with van der Waals surface area (Å²) in [6.45, 7) is 3.57. The highest BCUT2D eigenvalue weighted by molar-refractivity contribution is 5.95. The van der Waals surface area contributed by atoms with Gasteiger partial charge in [-0.3, -0.25) is 14.7 Å². The Kier molecular flexibility index (Phi) is 8.12. The number of rotatable bonds is 7. The maximum atomic E-state index is 13.9. The van der Waals surface area contributed by atoms with Gasteiger partial charge in [0.05, 0.1) is 25.3 Å². The maximum Gasteiger partial charge on any atom is 0.416 e. The van der Waals surface area contributed by atoms with Crippen LogP contribution in [-0.2, 0) is 17.5 Å². The molecule has 1 N–H and O–H groups in total. The van der Waals surface area contributed by atoms with Crippen molar-refractivity contribution in [1.82, 2.24) is 15.2 Å². The summed E-state index contributed by atoms with van der Waals surface area (Å²) >= 11 is 0. The van der Waals surface area contributed by atoms with Gasteiger partial charge in [0.25, 0.3) is 5.91 Å². The fraction of sp³-hybridized carbons (Fsp3) is 0.242. The molecule has 1 fully saturated rings. The van der Waals surface area contributed by atoms with Crippen LogP contribution in [0.15, 0.2) is 79.1 Å². The minimum atomic E-state index is -4.58. The Labute approximate surface area is 247 Å². The molecular formula is C33H30F3N3O4. The molecule has 1 saturated heterocycles. The van der Waals surface area contributed by atoms with Gasteiger partial charge >= 0.3 is 12.3 Å². The molecule has 0 aliphatic carbocycles. The fourth-order valence-electron chi connectivity index (χ4n) is 5.42. The van der Waals surface area contributed by atoms with E-state index in [0.717, 1.165) is 34.4 Å². The smallest absolute Gasteiger partial charge is 0.416 e. The first-order valence-electron chi connectivity index (χ1n) is 13.6. The highest BCUT2D eigenvalue weighted by atomic mass is 19.4. The first kappa shape index (κ1) is 29.6. The van der Waals surface area contributed by atoms with Crippen molar-refractivity contribution < 1.29 is 32.2 Å². The number of halogens is 3. The van der Waals surface area contributed by atoms with Crippen molar-refractivity contribution in [2.24, 2.45) is 0 Å². The fourth-order valence-corrected chi connectivity index (χ4v) is 5.42. The second-order valence-electron chi connectivity index (χ2n) is 10.3. The number of pyridine rings is 1. The van der Waals surface area contributed by atoms with Crippen molar-refractivity contribution in [2.45, 2.75) is 38.7 Å². The zero-order chi connectivity index (χ0) is 30.9. The highest BCUT2D eigenvalue weighted by Crippen LogP contribution is 2.41. The second kappa shape index (κ2) is 11.8. The Morgan fingerprint density at radius 3 is 2.37 bits per heavy atom. The van der Waals surface area contributed by atoms with Gasteiger partial charge in [-0.05, 0) is 95.8 Å². The molecule has 4 aromatic rings. The van der Waals surface area contributed by atoms with E-state index in [-0.39, 0.29) is 18.0 Å². The van der Waals surface area contributed by atoms with Gasteiger partial charge in [-0.2, -0.15) is 13.2 Å². The van der Waals surface area contributed by atoms with Gasteiger partial charge < -0.3 is 14.8 Å². The van der Waals surface area contributed by atoms with Gasteiger partial charge in [-0.1, -0.05) is 18.2 Å². The summed E-state index contributed by atoms with van der Waals surface area (Å²) < 4.78 is 52.9. The van der Waals surface area contributed by atoms with Crippen molar-refractivity contribution in [3.05, 3.63) is 107 Å². The molecule has 222 valence electrons. The minimum absolute atomic E-state index is 0.117. The summed E-state index contributed by atoms with van der Waals surface area (Å²) in [4.78, 5) is 30.6. The number of hydrogen-bond donors (Lipinski definition) is 1. The Morgan fingerprint density at radius 1 is 1.00 bits per heavy atom. The molecule has 43 heavy (non-hydrogen) atoms. The van der Waals surface area contributed by atoms with Crippen LogP contribution < -0.4 is 10.1 Å². The van der Waals surface area contributed by atoms with Crippen LogP contribution in [0.25, 0.3) is 22.3 Å². The molecule has 1 aliphatic heterocycles. The first-order valence-corrected chi connectivity index (χ1v) is 13.6. The lowest BCUT2D eigenvalue weighted by atomic mass is 9.91. The SMILES string of the molecule is CNC(=O)c1ccc(-c2ccc(OC)c(-c3ccc(C(F)(F)F)cc3CN3C(=O)O[C@H](c4ccncc4)[C@@H]3C)c2)c(C)c1. The Morgan fingerprint density at radius 2 is 1.72 bits per heavy atom. The number of carbonyl (C=O) groups excluding carboxylic acids is 2. The summed E-state index contributed by atoms with van der Waals surface area (Å²) in [5.74, 6) is 0.247. The van der Waals surface area contributed by atoms with Gasteiger partial charge in [0.15, 0.2) is 0 Å². The molecular weight excluding hydrogens is 559 g/mol. The van der Waals surface area contributed by atoms with Gasteiger partial charge in [0.1, 0.15) is 11.9 Å². The molecule has 0 radical (unpaired) electrons. The third-order valence-electron chi connectivity index (χ3n) is 7.72. The summed E-state index contributed by atoms with van der Waals surface area (Å²) in [5.41, 5.74) is 4.25. The van der Waals surface area contributed by atoms with Crippen LogP contribution in [-0.4, -0.2) is 42.1 Å². The molecule has 7 nitrogen and oxygen atoms in total. The molecule has 0 saturated carbocycles. The molecule has 5 rings (SSSR count). The molecule has 2 atom stereocenters. The molecule has 0 bridgehead atoms. The van der Waals surface area contributed by atoms with Crippen molar-refractivity contribution in [1.29, 1.82) is 0 Å². The van der Waals surface area contributed by atoms with E-state index in [1.54, 1.807) is 56.7 Å². The molecule has 0 spiro atoms.